The Morgan fingerprint density at radius 1 is 1.30 bits per heavy atom. The number of aliphatic hydroxyl groups is 1. The van der Waals surface area contributed by atoms with E-state index in [0.29, 0.717) is 5.56 Å². The maximum absolute atomic E-state index is 11.9. The van der Waals surface area contributed by atoms with Crippen molar-refractivity contribution < 1.29 is 14.7 Å². The third-order valence-corrected chi connectivity index (χ3v) is 3.95. The van der Waals surface area contributed by atoms with Gasteiger partial charge in [-0.3, -0.25) is 9.59 Å². The van der Waals surface area contributed by atoms with E-state index in [1.54, 1.807) is 31.2 Å². The van der Waals surface area contributed by atoms with Gasteiger partial charge in [0.2, 0.25) is 5.12 Å². The largest absolute Gasteiger partial charge is 0.378 e. The lowest BCUT2D eigenvalue weighted by Gasteiger charge is -2.16. The quantitative estimate of drug-likeness (QED) is 0.757. The van der Waals surface area contributed by atoms with Gasteiger partial charge in [0.25, 0.3) is 5.91 Å². The summed E-state index contributed by atoms with van der Waals surface area (Å²) in [5.41, 5.74) is 0.517. The highest BCUT2D eigenvalue weighted by Gasteiger charge is 2.22. The second kappa shape index (κ2) is 8.76. The number of thioether (sulfide) groups is 1. The van der Waals surface area contributed by atoms with Gasteiger partial charge in [-0.15, -0.1) is 0 Å². The van der Waals surface area contributed by atoms with Gasteiger partial charge >= 0.3 is 0 Å². The molecule has 5 heteroatoms. The van der Waals surface area contributed by atoms with Crippen LogP contribution in [-0.2, 0) is 9.59 Å². The molecule has 2 N–H and O–H groups in total. The summed E-state index contributed by atoms with van der Waals surface area (Å²) in [6.07, 6.45) is 0.768. The molecule has 0 spiro atoms. The van der Waals surface area contributed by atoms with Crippen LogP contribution in [0.4, 0.5) is 0 Å². The Bertz CT molecular complexity index is 436. The number of carbonyl (C=O) groups is 2. The molecule has 20 heavy (non-hydrogen) atoms. The van der Waals surface area contributed by atoms with Crippen LogP contribution >= 0.6 is 11.8 Å². The molecular weight excluding hydrogens is 274 g/mol. The van der Waals surface area contributed by atoms with E-state index in [9.17, 15) is 14.7 Å². The molecule has 1 amide bonds. The number of unbranched alkanes of at least 4 members (excludes halogenated alkanes) is 1. The van der Waals surface area contributed by atoms with Crippen LogP contribution < -0.4 is 5.32 Å². The second-order valence-electron chi connectivity index (χ2n) is 4.56. The van der Waals surface area contributed by atoms with E-state index in [4.69, 9.17) is 0 Å². The summed E-state index contributed by atoms with van der Waals surface area (Å²) in [5.74, 6) is 0.213. The average Bonchev–Trinajstić information content (AvgIpc) is 2.47. The van der Waals surface area contributed by atoms with Crippen molar-refractivity contribution in [2.75, 3.05) is 5.75 Å². The minimum Gasteiger partial charge on any atom is -0.378 e. The highest BCUT2D eigenvalue weighted by Crippen LogP contribution is 2.13. The molecule has 2 unspecified atom stereocenters. The molecule has 0 radical (unpaired) electrons. The summed E-state index contributed by atoms with van der Waals surface area (Å²) in [6.45, 7) is 3.70. The Kier molecular flexibility index (Phi) is 7.33. The Hall–Kier alpha value is -1.33. The first-order valence-electron chi connectivity index (χ1n) is 6.76. The molecule has 4 nitrogen and oxygen atoms in total. The van der Waals surface area contributed by atoms with Crippen LogP contribution in [0.5, 0.6) is 0 Å². The van der Waals surface area contributed by atoms with Gasteiger partial charge in [-0.1, -0.05) is 55.4 Å². The number of hydrogen-bond donors (Lipinski definition) is 2. The molecule has 1 aromatic carbocycles. The van der Waals surface area contributed by atoms with Gasteiger partial charge in [0.05, 0.1) is 6.04 Å². The van der Waals surface area contributed by atoms with Crippen LogP contribution in [0.2, 0.25) is 0 Å². The number of amides is 1. The molecule has 0 aromatic heterocycles. The van der Waals surface area contributed by atoms with Crippen molar-refractivity contribution in [1.29, 1.82) is 0 Å². The van der Waals surface area contributed by atoms with Crippen molar-refractivity contribution >= 4 is 22.8 Å². The van der Waals surface area contributed by atoms with Gasteiger partial charge in [0.1, 0.15) is 0 Å². The van der Waals surface area contributed by atoms with E-state index < -0.39 is 18.1 Å². The fourth-order valence-electron chi connectivity index (χ4n) is 1.58. The number of hydrogen-bond acceptors (Lipinski definition) is 4. The maximum Gasteiger partial charge on any atom is 0.254 e. The van der Waals surface area contributed by atoms with E-state index in [-0.39, 0.29) is 5.12 Å². The summed E-state index contributed by atoms with van der Waals surface area (Å²) < 4.78 is 0. The lowest BCUT2D eigenvalue weighted by molar-refractivity contribution is -0.131. The van der Waals surface area contributed by atoms with Crippen molar-refractivity contribution in [3.63, 3.8) is 0 Å². The molecular formula is C15H21NO3S. The number of nitrogens with one attached hydrogen (secondary N) is 1. The van der Waals surface area contributed by atoms with E-state index in [1.807, 2.05) is 6.07 Å². The summed E-state index contributed by atoms with van der Waals surface area (Å²) in [7, 11) is 0. The van der Waals surface area contributed by atoms with E-state index in [2.05, 4.69) is 12.2 Å². The van der Waals surface area contributed by atoms with Crippen molar-refractivity contribution in [1.82, 2.24) is 5.32 Å². The Morgan fingerprint density at radius 2 is 1.95 bits per heavy atom. The smallest absolute Gasteiger partial charge is 0.254 e. The van der Waals surface area contributed by atoms with Crippen molar-refractivity contribution in [3.05, 3.63) is 35.9 Å². The molecule has 0 fully saturated rings. The summed E-state index contributed by atoms with van der Waals surface area (Å²) >= 11 is 1.22. The predicted molar refractivity (Wildman–Crippen MR) is 81.4 cm³/mol. The van der Waals surface area contributed by atoms with E-state index in [0.717, 1.165) is 18.6 Å². The van der Waals surface area contributed by atoms with Crippen molar-refractivity contribution in [2.45, 2.75) is 38.8 Å². The predicted octanol–water partition coefficient (Wildman–Crippen LogP) is 2.28. The zero-order chi connectivity index (χ0) is 15.0. The minimum atomic E-state index is -1.24. The first-order chi connectivity index (χ1) is 9.56. The monoisotopic (exact) mass is 295 g/mol. The van der Waals surface area contributed by atoms with Crippen LogP contribution in [0.25, 0.3) is 0 Å². The molecule has 0 aliphatic carbocycles. The molecule has 0 bridgehead atoms. The van der Waals surface area contributed by atoms with Gasteiger partial charge in [-0.2, -0.15) is 0 Å². The van der Waals surface area contributed by atoms with Crippen LogP contribution in [0, 0.1) is 0 Å². The highest BCUT2D eigenvalue weighted by atomic mass is 32.2. The topological polar surface area (TPSA) is 66.4 Å². The molecule has 0 aliphatic heterocycles. The number of rotatable bonds is 7. The van der Waals surface area contributed by atoms with Gasteiger partial charge in [-0.05, 0) is 18.9 Å². The fourth-order valence-corrected chi connectivity index (χ4v) is 2.52. The molecule has 0 aliphatic rings. The Morgan fingerprint density at radius 3 is 2.55 bits per heavy atom. The molecule has 110 valence electrons. The normalized spacial score (nSPS) is 13.6. The minimum absolute atomic E-state index is 0.0768. The van der Waals surface area contributed by atoms with Crippen LogP contribution in [0.1, 0.15) is 38.4 Å². The first-order valence-corrected chi connectivity index (χ1v) is 7.74. The second-order valence-corrected chi connectivity index (χ2v) is 5.66. The van der Waals surface area contributed by atoms with Crippen molar-refractivity contribution in [2.24, 2.45) is 0 Å². The highest BCUT2D eigenvalue weighted by molar-refractivity contribution is 8.13. The number of carbonyl (C=O) groups excluding carboxylic acids is 2. The molecule has 0 saturated carbocycles. The summed E-state index contributed by atoms with van der Waals surface area (Å²) in [4.78, 5) is 23.6. The maximum atomic E-state index is 11.9. The van der Waals surface area contributed by atoms with Crippen LogP contribution in [-0.4, -0.2) is 27.9 Å². The molecule has 1 aromatic rings. The third kappa shape index (κ3) is 5.35. The standard InChI is InChI=1S/C15H21NO3S/c1-3-4-10-20-15(19)11(2)16-14(18)13(17)12-8-6-5-7-9-12/h5-9,11,13,17H,3-4,10H2,1-2H3,(H,16,18). The molecule has 1 rings (SSSR count). The summed E-state index contributed by atoms with van der Waals surface area (Å²) in [6, 6.07) is 8.06. The zero-order valence-corrected chi connectivity index (χ0v) is 12.7. The molecule has 0 saturated heterocycles. The zero-order valence-electron chi connectivity index (χ0n) is 11.8. The lowest BCUT2D eigenvalue weighted by atomic mass is 10.1. The third-order valence-electron chi connectivity index (χ3n) is 2.82. The van der Waals surface area contributed by atoms with Gasteiger partial charge < -0.3 is 10.4 Å². The van der Waals surface area contributed by atoms with Gasteiger partial charge in [-0.25, -0.2) is 0 Å². The Labute approximate surface area is 124 Å². The fraction of sp³-hybridized carbons (Fsp3) is 0.467. The first kappa shape index (κ1) is 16.7. The van der Waals surface area contributed by atoms with E-state index in [1.165, 1.54) is 11.8 Å². The average molecular weight is 295 g/mol. The van der Waals surface area contributed by atoms with Crippen LogP contribution in [0.15, 0.2) is 30.3 Å². The van der Waals surface area contributed by atoms with Crippen LogP contribution in [0.3, 0.4) is 0 Å². The molecule has 2 atom stereocenters. The summed E-state index contributed by atoms with van der Waals surface area (Å²) in [5, 5.41) is 12.4. The molecule has 0 heterocycles. The van der Waals surface area contributed by atoms with Crippen molar-refractivity contribution in [3.8, 4) is 0 Å². The van der Waals surface area contributed by atoms with Gasteiger partial charge in [0.15, 0.2) is 6.10 Å². The Balaban J connectivity index is 2.47. The van der Waals surface area contributed by atoms with E-state index >= 15 is 0 Å². The number of benzene rings is 1. The number of aliphatic hydroxyl groups excluding tert-OH is 1. The SMILES string of the molecule is CCCCSC(=O)C(C)NC(=O)C(O)c1ccccc1. The van der Waals surface area contributed by atoms with Gasteiger partial charge in [0, 0.05) is 5.75 Å². The lowest BCUT2D eigenvalue weighted by Crippen LogP contribution is -2.40.